The molecule has 0 spiro atoms. The largest absolute Gasteiger partial charge is 0.355 e. The summed E-state index contributed by atoms with van der Waals surface area (Å²) in [6, 6.07) is 6.16. The smallest absolute Gasteiger partial charge is 0.238 e. The molecule has 0 bridgehead atoms. The molecule has 0 aliphatic carbocycles. The molecule has 1 aromatic rings. The Balaban J connectivity index is 2.26. The number of nitrogens with one attached hydrogen (secondary N) is 1. The summed E-state index contributed by atoms with van der Waals surface area (Å²) >= 11 is 5.89. The number of halogens is 1. The number of hydrogen-bond donors (Lipinski definition) is 1. The second-order valence-corrected chi connectivity index (χ2v) is 7.42. The van der Waals surface area contributed by atoms with Crippen LogP contribution in [-0.2, 0) is 20.6 Å². The lowest BCUT2D eigenvalue weighted by Gasteiger charge is -2.26. The second kappa shape index (κ2) is 6.77. The minimum Gasteiger partial charge on any atom is -0.355 e. The SMILES string of the molecule is CC[C@@H]1C(=O)NCCCN1S(=O)(=O)Cc1cccc(Cl)c1. The quantitative estimate of drug-likeness (QED) is 0.915. The number of nitrogens with zero attached hydrogens (tertiary/aromatic N) is 1. The fourth-order valence-electron chi connectivity index (χ4n) is 2.49. The zero-order valence-electron chi connectivity index (χ0n) is 11.9. The van der Waals surface area contributed by atoms with Crippen molar-refractivity contribution in [3.05, 3.63) is 34.9 Å². The van der Waals surface area contributed by atoms with Crippen LogP contribution < -0.4 is 5.32 Å². The standard InChI is InChI=1S/C14H19ClN2O3S/c1-2-13-14(18)16-7-4-8-17(13)21(19,20)10-11-5-3-6-12(15)9-11/h3,5-6,9,13H,2,4,7-8,10H2,1H3,(H,16,18)/t13-/m1/s1. The van der Waals surface area contributed by atoms with Gasteiger partial charge in [-0.05, 0) is 30.5 Å². The van der Waals surface area contributed by atoms with Crippen molar-refractivity contribution in [3.8, 4) is 0 Å². The summed E-state index contributed by atoms with van der Waals surface area (Å²) in [6.07, 6.45) is 1.08. The topological polar surface area (TPSA) is 66.5 Å². The van der Waals surface area contributed by atoms with Gasteiger partial charge in [-0.25, -0.2) is 8.42 Å². The highest BCUT2D eigenvalue weighted by Gasteiger charge is 2.34. The number of hydrogen-bond acceptors (Lipinski definition) is 3. The Morgan fingerprint density at radius 1 is 1.43 bits per heavy atom. The van der Waals surface area contributed by atoms with Gasteiger partial charge < -0.3 is 5.32 Å². The van der Waals surface area contributed by atoms with E-state index in [4.69, 9.17) is 11.6 Å². The van der Waals surface area contributed by atoms with E-state index in [-0.39, 0.29) is 11.7 Å². The van der Waals surface area contributed by atoms with Gasteiger partial charge in [0.25, 0.3) is 0 Å². The highest BCUT2D eigenvalue weighted by molar-refractivity contribution is 7.88. The van der Waals surface area contributed by atoms with Crippen LogP contribution in [0.3, 0.4) is 0 Å². The Bertz CT molecular complexity index is 618. The predicted octanol–water partition coefficient (Wildman–Crippen LogP) is 1.77. The van der Waals surface area contributed by atoms with Crippen molar-refractivity contribution in [2.75, 3.05) is 13.1 Å². The third kappa shape index (κ3) is 3.96. The first-order valence-corrected chi connectivity index (χ1v) is 8.94. The maximum atomic E-state index is 12.6. The van der Waals surface area contributed by atoms with Crippen LogP contribution in [0.4, 0.5) is 0 Å². The molecule has 0 aromatic heterocycles. The molecule has 1 N–H and O–H groups in total. The first-order valence-electron chi connectivity index (χ1n) is 6.95. The third-order valence-corrected chi connectivity index (χ3v) is 5.57. The summed E-state index contributed by atoms with van der Waals surface area (Å²) in [5.74, 6) is -0.359. The van der Waals surface area contributed by atoms with E-state index < -0.39 is 16.1 Å². The Kier molecular flexibility index (Phi) is 5.24. The zero-order chi connectivity index (χ0) is 15.5. The highest BCUT2D eigenvalue weighted by Crippen LogP contribution is 2.20. The molecule has 116 valence electrons. The van der Waals surface area contributed by atoms with Crippen LogP contribution in [0.15, 0.2) is 24.3 Å². The maximum absolute atomic E-state index is 12.6. The van der Waals surface area contributed by atoms with Crippen LogP contribution in [0, 0.1) is 0 Å². The van der Waals surface area contributed by atoms with E-state index in [0.29, 0.717) is 36.5 Å². The van der Waals surface area contributed by atoms with E-state index in [1.54, 1.807) is 24.3 Å². The molecular formula is C14H19ClN2O3S. The van der Waals surface area contributed by atoms with Gasteiger partial charge in [-0.2, -0.15) is 4.31 Å². The summed E-state index contributed by atoms with van der Waals surface area (Å²) in [4.78, 5) is 12.0. The van der Waals surface area contributed by atoms with Gasteiger partial charge >= 0.3 is 0 Å². The number of benzene rings is 1. The van der Waals surface area contributed by atoms with Crippen LogP contribution in [0.25, 0.3) is 0 Å². The van der Waals surface area contributed by atoms with Gasteiger partial charge in [0.05, 0.1) is 5.75 Å². The molecule has 1 aromatic carbocycles. The first-order chi connectivity index (χ1) is 9.94. The molecule has 7 heteroatoms. The number of carbonyl (C=O) groups excluding carboxylic acids is 1. The van der Waals surface area contributed by atoms with Crippen molar-refractivity contribution in [2.24, 2.45) is 0 Å². The van der Waals surface area contributed by atoms with Crippen LogP contribution >= 0.6 is 11.6 Å². The summed E-state index contributed by atoms with van der Waals surface area (Å²) in [7, 11) is -3.56. The van der Waals surface area contributed by atoms with Crippen LogP contribution in [0.5, 0.6) is 0 Å². The maximum Gasteiger partial charge on any atom is 0.238 e. The Labute approximate surface area is 130 Å². The minimum absolute atomic E-state index is 0.142. The van der Waals surface area contributed by atoms with Crippen molar-refractivity contribution < 1.29 is 13.2 Å². The number of sulfonamides is 1. The second-order valence-electron chi connectivity index (χ2n) is 5.07. The average Bonchev–Trinajstić information content (AvgIpc) is 2.60. The zero-order valence-corrected chi connectivity index (χ0v) is 13.5. The molecule has 1 heterocycles. The van der Waals surface area contributed by atoms with Gasteiger partial charge in [-0.15, -0.1) is 0 Å². The monoisotopic (exact) mass is 330 g/mol. The highest BCUT2D eigenvalue weighted by atomic mass is 35.5. The molecule has 0 radical (unpaired) electrons. The Morgan fingerprint density at radius 3 is 2.86 bits per heavy atom. The van der Waals surface area contributed by atoms with Crippen LogP contribution in [0.1, 0.15) is 25.3 Å². The fraction of sp³-hybridized carbons (Fsp3) is 0.500. The van der Waals surface area contributed by atoms with E-state index >= 15 is 0 Å². The Morgan fingerprint density at radius 2 is 2.19 bits per heavy atom. The van der Waals surface area contributed by atoms with Crippen molar-refractivity contribution in [1.29, 1.82) is 0 Å². The molecule has 2 rings (SSSR count). The van der Waals surface area contributed by atoms with E-state index in [1.165, 1.54) is 4.31 Å². The molecule has 0 saturated carbocycles. The normalized spacial score (nSPS) is 20.9. The molecule has 0 unspecified atom stereocenters. The fourth-order valence-corrected chi connectivity index (χ4v) is 4.51. The van der Waals surface area contributed by atoms with Gasteiger partial charge in [-0.1, -0.05) is 30.7 Å². The molecule has 1 atom stereocenters. The third-order valence-electron chi connectivity index (χ3n) is 3.49. The first kappa shape index (κ1) is 16.3. The lowest BCUT2D eigenvalue weighted by Crippen LogP contribution is -2.47. The van der Waals surface area contributed by atoms with Gasteiger partial charge in [0.1, 0.15) is 6.04 Å². The molecule has 1 saturated heterocycles. The predicted molar refractivity (Wildman–Crippen MR) is 82.5 cm³/mol. The summed E-state index contributed by atoms with van der Waals surface area (Å²) < 4.78 is 26.6. The van der Waals surface area contributed by atoms with E-state index in [2.05, 4.69) is 5.32 Å². The molecule has 5 nitrogen and oxygen atoms in total. The minimum atomic E-state index is -3.56. The van der Waals surface area contributed by atoms with E-state index in [1.807, 2.05) is 6.92 Å². The Hall–Kier alpha value is -1.11. The number of amides is 1. The average molecular weight is 331 g/mol. The van der Waals surface area contributed by atoms with Crippen molar-refractivity contribution >= 4 is 27.5 Å². The van der Waals surface area contributed by atoms with Crippen LogP contribution in [0.2, 0.25) is 5.02 Å². The van der Waals surface area contributed by atoms with Crippen molar-refractivity contribution in [1.82, 2.24) is 9.62 Å². The van der Waals surface area contributed by atoms with Gasteiger partial charge in [0.2, 0.25) is 15.9 Å². The molecule has 1 amide bonds. The number of carbonyl (C=O) groups is 1. The van der Waals surface area contributed by atoms with Gasteiger partial charge in [0, 0.05) is 18.1 Å². The lowest BCUT2D eigenvalue weighted by atomic mass is 10.2. The molecule has 1 aliphatic heterocycles. The van der Waals surface area contributed by atoms with Gasteiger partial charge in [0.15, 0.2) is 0 Å². The molecule has 1 fully saturated rings. The number of rotatable bonds is 4. The summed E-state index contributed by atoms with van der Waals surface area (Å²) in [6.45, 7) is 2.69. The van der Waals surface area contributed by atoms with Crippen molar-refractivity contribution in [3.63, 3.8) is 0 Å². The van der Waals surface area contributed by atoms with E-state index in [9.17, 15) is 13.2 Å². The molecule has 21 heavy (non-hydrogen) atoms. The van der Waals surface area contributed by atoms with E-state index in [0.717, 1.165) is 0 Å². The molecular weight excluding hydrogens is 312 g/mol. The lowest BCUT2D eigenvalue weighted by molar-refractivity contribution is -0.124. The summed E-state index contributed by atoms with van der Waals surface area (Å²) in [5, 5.41) is 3.26. The summed E-state index contributed by atoms with van der Waals surface area (Å²) in [5.41, 5.74) is 0.627. The van der Waals surface area contributed by atoms with Crippen LogP contribution in [-0.4, -0.2) is 37.8 Å². The molecule has 1 aliphatic rings. The van der Waals surface area contributed by atoms with Gasteiger partial charge in [-0.3, -0.25) is 4.79 Å². The van der Waals surface area contributed by atoms with Crippen molar-refractivity contribution in [2.45, 2.75) is 31.6 Å².